The maximum Gasteiger partial charge on any atom is 0.266 e. The molecule has 0 radical (unpaired) electrons. The number of hydrogen-bond acceptors (Lipinski definition) is 4. The molecule has 0 bridgehead atoms. The van der Waals surface area contributed by atoms with E-state index in [0.29, 0.717) is 9.39 Å². The fourth-order valence-corrected chi connectivity index (χ4v) is 2.87. The summed E-state index contributed by atoms with van der Waals surface area (Å²) in [6, 6.07) is 3.89. The van der Waals surface area contributed by atoms with E-state index < -0.39 is 0 Å². The number of rotatable bonds is 4. The minimum atomic E-state index is -0.123. The summed E-state index contributed by atoms with van der Waals surface area (Å²) >= 11 is 9.38. The van der Waals surface area contributed by atoms with E-state index in [1.165, 1.54) is 11.2 Å². The van der Waals surface area contributed by atoms with Crippen LogP contribution in [0.5, 0.6) is 0 Å². The van der Waals surface area contributed by atoms with Crippen LogP contribution in [0.25, 0.3) is 0 Å². The fourth-order valence-electron chi connectivity index (χ4n) is 1.30. The number of halogens is 2. The molecule has 7 heteroatoms. The lowest BCUT2D eigenvalue weighted by Gasteiger charge is -2.05. The largest absolute Gasteiger partial charge is 0.369 e. The van der Waals surface area contributed by atoms with Crippen LogP contribution in [0, 0.1) is 3.57 Å². The highest BCUT2D eigenvalue weighted by atomic mass is 127. The fraction of sp³-hybridized carbons (Fsp3) is 0.200. The summed E-state index contributed by atoms with van der Waals surface area (Å²) in [6.07, 6.45) is 2.26. The SMILES string of the molecule is O=c1[nH]cnc(NCCc2ccc(Cl)s2)c1I. The van der Waals surface area contributed by atoms with Crippen molar-refractivity contribution in [1.82, 2.24) is 9.97 Å². The molecule has 0 unspecified atom stereocenters. The highest BCUT2D eigenvalue weighted by Crippen LogP contribution is 2.21. The third kappa shape index (κ3) is 3.43. The van der Waals surface area contributed by atoms with Crippen LogP contribution in [-0.4, -0.2) is 16.5 Å². The maximum absolute atomic E-state index is 11.3. The van der Waals surface area contributed by atoms with Crippen molar-refractivity contribution in [3.63, 3.8) is 0 Å². The molecule has 2 aromatic rings. The Morgan fingerprint density at radius 2 is 2.35 bits per heavy atom. The van der Waals surface area contributed by atoms with Gasteiger partial charge in [-0.1, -0.05) is 11.6 Å². The van der Waals surface area contributed by atoms with Crippen LogP contribution in [0.3, 0.4) is 0 Å². The Morgan fingerprint density at radius 1 is 1.53 bits per heavy atom. The number of aromatic nitrogens is 2. The van der Waals surface area contributed by atoms with E-state index >= 15 is 0 Å². The Morgan fingerprint density at radius 3 is 3.06 bits per heavy atom. The van der Waals surface area contributed by atoms with Crippen molar-refractivity contribution in [1.29, 1.82) is 0 Å². The molecule has 0 aliphatic rings. The van der Waals surface area contributed by atoms with Gasteiger partial charge in [-0.2, -0.15) is 0 Å². The molecular weight excluding hydrogens is 373 g/mol. The van der Waals surface area contributed by atoms with Gasteiger partial charge >= 0.3 is 0 Å². The number of hydrogen-bond donors (Lipinski definition) is 2. The van der Waals surface area contributed by atoms with E-state index in [0.717, 1.165) is 17.3 Å². The molecule has 0 aliphatic heterocycles. The van der Waals surface area contributed by atoms with E-state index in [2.05, 4.69) is 15.3 Å². The van der Waals surface area contributed by atoms with Crippen LogP contribution in [0.2, 0.25) is 4.34 Å². The zero-order chi connectivity index (χ0) is 12.3. The molecule has 2 N–H and O–H groups in total. The second kappa shape index (κ2) is 5.83. The summed E-state index contributed by atoms with van der Waals surface area (Å²) < 4.78 is 1.37. The molecule has 0 spiro atoms. The van der Waals surface area contributed by atoms with E-state index in [-0.39, 0.29) is 5.56 Å². The molecule has 0 fully saturated rings. The molecule has 4 nitrogen and oxygen atoms in total. The summed E-state index contributed by atoms with van der Waals surface area (Å²) in [5.74, 6) is 0.622. The number of anilines is 1. The van der Waals surface area contributed by atoms with E-state index in [9.17, 15) is 4.79 Å². The minimum Gasteiger partial charge on any atom is -0.369 e. The molecule has 2 rings (SSSR count). The molecule has 0 aliphatic carbocycles. The number of aromatic amines is 1. The number of nitrogens with one attached hydrogen (secondary N) is 2. The van der Waals surface area contributed by atoms with Gasteiger partial charge in [0.05, 0.1) is 10.7 Å². The van der Waals surface area contributed by atoms with Crippen molar-refractivity contribution in [3.8, 4) is 0 Å². The molecule has 17 heavy (non-hydrogen) atoms. The van der Waals surface area contributed by atoms with Crippen LogP contribution in [0.1, 0.15) is 4.88 Å². The molecule has 0 atom stereocenters. The first-order chi connectivity index (χ1) is 8.16. The van der Waals surface area contributed by atoms with Gasteiger partial charge in [0.15, 0.2) is 0 Å². The molecular formula is C10H9ClIN3OS. The number of nitrogens with zero attached hydrogens (tertiary/aromatic N) is 1. The average Bonchev–Trinajstić information content (AvgIpc) is 2.70. The van der Waals surface area contributed by atoms with Gasteiger partial charge in [0, 0.05) is 11.4 Å². The van der Waals surface area contributed by atoms with Gasteiger partial charge in [-0.15, -0.1) is 11.3 Å². The highest BCUT2D eigenvalue weighted by Gasteiger charge is 2.04. The lowest BCUT2D eigenvalue weighted by Crippen LogP contribution is -2.15. The summed E-state index contributed by atoms with van der Waals surface area (Å²) in [4.78, 5) is 19.1. The molecule has 0 saturated carbocycles. The zero-order valence-corrected chi connectivity index (χ0v) is 12.4. The van der Waals surface area contributed by atoms with Crippen molar-refractivity contribution in [3.05, 3.63) is 41.6 Å². The second-order valence-corrected chi connectivity index (χ2v) is 6.16. The number of H-pyrrole nitrogens is 1. The molecule has 2 heterocycles. The quantitative estimate of drug-likeness (QED) is 0.801. The predicted octanol–water partition coefficient (Wildman–Crippen LogP) is 2.74. The van der Waals surface area contributed by atoms with Gasteiger partial charge in [0.1, 0.15) is 9.39 Å². The lowest BCUT2D eigenvalue weighted by atomic mass is 10.3. The Kier molecular flexibility index (Phi) is 4.41. The molecule has 0 amide bonds. The van der Waals surface area contributed by atoms with Crippen molar-refractivity contribution in [2.24, 2.45) is 0 Å². The van der Waals surface area contributed by atoms with Gasteiger partial charge in [-0.05, 0) is 41.1 Å². The van der Waals surface area contributed by atoms with Crippen LogP contribution < -0.4 is 10.9 Å². The van der Waals surface area contributed by atoms with Crippen LogP contribution in [0.4, 0.5) is 5.82 Å². The Balaban J connectivity index is 1.94. The first kappa shape index (κ1) is 12.8. The normalized spacial score (nSPS) is 10.5. The van der Waals surface area contributed by atoms with Crippen molar-refractivity contribution in [2.75, 3.05) is 11.9 Å². The second-order valence-electron chi connectivity index (χ2n) is 3.28. The standard InChI is InChI=1S/C10H9ClIN3OS/c11-7-2-1-6(17-7)3-4-13-9-8(12)10(16)15-5-14-9/h1-2,5H,3-4H2,(H2,13,14,15,16). The third-order valence-corrected chi connectivity index (χ3v) is 4.38. The van der Waals surface area contributed by atoms with Gasteiger partial charge in [0.25, 0.3) is 5.56 Å². The van der Waals surface area contributed by atoms with Gasteiger partial charge in [-0.25, -0.2) is 4.98 Å². The molecule has 90 valence electrons. The first-order valence-electron chi connectivity index (χ1n) is 4.88. The highest BCUT2D eigenvalue weighted by molar-refractivity contribution is 14.1. The third-order valence-electron chi connectivity index (χ3n) is 2.09. The minimum absolute atomic E-state index is 0.123. The van der Waals surface area contributed by atoms with E-state index in [4.69, 9.17) is 11.6 Å². The zero-order valence-electron chi connectivity index (χ0n) is 8.67. The van der Waals surface area contributed by atoms with Crippen molar-refractivity contribution >= 4 is 51.3 Å². The predicted molar refractivity (Wildman–Crippen MR) is 79.1 cm³/mol. The van der Waals surface area contributed by atoms with Crippen LogP contribution >= 0.6 is 45.5 Å². The smallest absolute Gasteiger partial charge is 0.266 e. The van der Waals surface area contributed by atoms with Gasteiger partial charge in [0.2, 0.25) is 0 Å². The summed E-state index contributed by atoms with van der Waals surface area (Å²) in [6.45, 7) is 0.725. The summed E-state index contributed by atoms with van der Waals surface area (Å²) in [5, 5.41) is 3.14. The first-order valence-corrected chi connectivity index (χ1v) is 7.15. The average molecular weight is 382 g/mol. The summed E-state index contributed by atoms with van der Waals surface area (Å²) in [5.41, 5.74) is -0.123. The Labute approximate surface area is 121 Å². The van der Waals surface area contributed by atoms with Crippen molar-refractivity contribution < 1.29 is 0 Å². The Hall–Kier alpha value is -0.600. The summed E-state index contributed by atoms with van der Waals surface area (Å²) in [7, 11) is 0. The molecule has 2 aromatic heterocycles. The van der Waals surface area contributed by atoms with Crippen molar-refractivity contribution in [2.45, 2.75) is 6.42 Å². The topological polar surface area (TPSA) is 57.8 Å². The van der Waals surface area contributed by atoms with E-state index in [1.807, 2.05) is 34.7 Å². The number of thiophene rings is 1. The van der Waals surface area contributed by atoms with Gasteiger partial charge < -0.3 is 10.3 Å². The van der Waals surface area contributed by atoms with Crippen LogP contribution in [-0.2, 0) is 6.42 Å². The monoisotopic (exact) mass is 381 g/mol. The Bertz CT molecular complexity index is 569. The maximum atomic E-state index is 11.3. The van der Waals surface area contributed by atoms with E-state index in [1.54, 1.807) is 11.3 Å². The molecule has 0 aromatic carbocycles. The lowest BCUT2D eigenvalue weighted by molar-refractivity contribution is 1.00. The van der Waals surface area contributed by atoms with Crippen LogP contribution in [0.15, 0.2) is 23.3 Å². The molecule has 0 saturated heterocycles. The van der Waals surface area contributed by atoms with Gasteiger partial charge in [-0.3, -0.25) is 4.79 Å².